The van der Waals surface area contributed by atoms with Crippen molar-refractivity contribution >= 4 is 46.7 Å². The summed E-state index contributed by atoms with van der Waals surface area (Å²) in [6.07, 6.45) is 1.42. The van der Waals surface area contributed by atoms with Gasteiger partial charge in [-0.15, -0.1) is 0 Å². The van der Waals surface area contributed by atoms with Gasteiger partial charge in [0.1, 0.15) is 0 Å². The summed E-state index contributed by atoms with van der Waals surface area (Å²) in [4.78, 5) is 36.9. The molecular weight excluding hydrogens is 623 g/mol. The van der Waals surface area contributed by atoms with E-state index in [1.807, 2.05) is 22.6 Å². The largest absolute Gasteiger partial charge is 0.504 e. The van der Waals surface area contributed by atoms with Gasteiger partial charge in [0, 0.05) is 5.70 Å². The van der Waals surface area contributed by atoms with Crippen LogP contribution in [0.5, 0.6) is 23.0 Å². The van der Waals surface area contributed by atoms with Crippen LogP contribution in [0.3, 0.4) is 0 Å². The van der Waals surface area contributed by atoms with Gasteiger partial charge in [0.25, 0.3) is 5.91 Å². The molecule has 1 atom stereocenters. The number of halogens is 1. The van der Waals surface area contributed by atoms with Crippen molar-refractivity contribution in [1.29, 1.82) is 0 Å². The van der Waals surface area contributed by atoms with Crippen LogP contribution in [0, 0.1) is 3.57 Å². The zero-order chi connectivity index (χ0) is 28.5. The van der Waals surface area contributed by atoms with Crippen LogP contribution in [0.2, 0.25) is 0 Å². The molecule has 3 amide bonds. The van der Waals surface area contributed by atoms with Crippen molar-refractivity contribution in [3.05, 3.63) is 56.3 Å². The van der Waals surface area contributed by atoms with E-state index in [4.69, 9.17) is 18.9 Å². The van der Waals surface area contributed by atoms with Gasteiger partial charge < -0.3 is 34.7 Å². The maximum absolute atomic E-state index is 12.6. The van der Waals surface area contributed by atoms with Crippen molar-refractivity contribution in [2.75, 3.05) is 26.9 Å². The summed E-state index contributed by atoms with van der Waals surface area (Å²) in [6.45, 7) is 5.33. The lowest BCUT2D eigenvalue weighted by atomic mass is 9.95. The number of benzene rings is 2. The molecule has 0 unspecified atom stereocenters. The van der Waals surface area contributed by atoms with Gasteiger partial charge in [-0.2, -0.15) is 5.10 Å². The number of hydrazone groups is 1. The Bertz CT molecular complexity index is 1310. The highest BCUT2D eigenvalue weighted by Crippen LogP contribution is 2.35. The van der Waals surface area contributed by atoms with Crippen LogP contribution in [0.15, 0.2) is 46.7 Å². The van der Waals surface area contributed by atoms with Crippen LogP contribution in [-0.4, -0.2) is 56.2 Å². The van der Waals surface area contributed by atoms with E-state index in [2.05, 4.69) is 21.2 Å². The second-order valence-electron chi connectivity index (χ2n) is 8.07. The Hall–Kier alpha value is -4.01. The van der Waals surface area contributed by atoms with Crippen LogP contribution < -0.4 is 30.3 Å². The second-order valence-corrected chi connectivity index (χ2v) is 9.23. The molecule has 12 nitrogen and oxygen atoms in total. The lowest BCUT2D eigenvalue weighted by molar-refractivity contribution is -0.139. The lowest BCUT2D eigenvalue weighted by Crippen LogP contribution is -2.45. The van der Waals surface area contributed by atoms with E-state index < -0.39 is 23.9 Å². The minimum atomic E-state index is -0.774. The summed E-state index contributed by atoms with van der Waals surface area (Å²) in [6, 6.07) is 6.89. The molecule has 0 aromatic heterocycles. The van der Waals surface area contributed by atoms with Crippen molar-refractivity contribution in [2.24, 2.45) is 5.10 Å². The predicted octanol–water partition coefficient (Wildman–Crippen LogP) is 3.12. The minimum absolute atomic E-state index is 0.0396. The average Bonchev–Trinajstić information content (AvgIpc) is 2.89. The topological polar surface area (TPSA) is 157 Å². The molecule has 0 bridgehead atoms. The summed E-state index contributed by atoms with van der Waals surface area (Å²) in [5.74, 6) is -0.157. The molecule has 4 N–H and O–H groups in total. The Kier molecular flexibility index (Phi) is 10.4. The van der Waals surface area contributed by atoms with E-state index in [1.54, 1.807) is 51.1 Å². The molecule has 1 aliphatic rings. The normalized spacial score (nSPS) is 14.9. The summed E-state index contributed by atoms with van der Waals surface area (Å²) >= 11 is 1.97. The number of methoxy groups -OCH3 is 1. The first-order valence-electron chi connectivity index (χ1n) is 11.9. The number of nitrogens with one attached hydrogen (secondary N) is 3. The predicted molar refractivity (Wildman–Crippen MR) is 150 cm³/mol. The molecule has 2 aromatic carbocycles. The number of hydrogen-bond acceptors (Lipinski definition) is 9. The third-order valence-electron chi connectivity index (χ3n) is 5.40. The van der Waals surface area contributed by atoms with Crippen molar-refractivity contribution in [1.82, 2.24) is 16.1 Å². The smallest absolute Gasteiger partial charge is 0.338 e. The molecule has 0 radical (unpaired) electrons. The van der Waals surface area contributed by atoms with E-state index in [0.717, 1.165) is 0 Å². The number of urea groups is 1. The number of phenols is 1. The van der Waals surface area contributed by atoms with Gasteiger partial charge in [-0.1, -0.05) is 6.07 Å². The molecule has 0 saturated heterocycles. The van der Waals surface area contributed by atoms with Gasteiger partial charge in [-0.3, -0.25) is 4.79 Å². The molecule has 39 heavy (non-hydrogen) atoms. The Morgan fingerprint density at radius 3 is 2.59 bits per heavy atom. The molecule has 3 rings (SSSR count). The number of phenolic OH excluding ortho intramolecular Hbond substituents is 1. The van der Waals surface area contributed by atoms with Crippen molar-refractivity contribution in [2.45, 2.75) is 26.8 Å². The highest BCUT2D eigenvalue weighted by molar-refractivity contribution is 14.1. The molecular formula is C26H29IN4O8. The molecule has 208 valence electrons. The van der Waals surface area contributed by atoms with E-state index in [1.165, 1.54) is 13.3 Å². The average molecular weight is 652 g/mol. The number of carbonyl (C=O) groups excluding carboxylic acids is 3. The van der Waals surface area contributed by atoms with Crippen molar-refractivity contribution < 1.29 is 38.4 Å². The molecule has 0 spiro atoms. The fraction of sp³-hybridized carbons (Fsp3) is 0.308. The van der Waals surface area contributed by atoms with Crippen molar-refractivity contribution in [3.8, 4) is 23.0 Å². The molecule has 0 fully saturated rings. The number of allylic oxidation sites excluding steroid dienone is 1. The number of nitrogens with zero attached hydrogens (tertiary/aromatic N) is 1. The van der Waals surface area contributed by atoms with Gasteiger partial charge in [0.2, 0.25) is 0 Å². The van der Waals surface area contributed by atoms with Gasteiger partial charge in [0.05, 0.1) is 41.7 Å². The van der Waals surface area contributed by atoms with Gasteiger partial charge in [-0.05, 0) is 78.8 Å². The molecule has 0 aliphatic carbocycles. The van der Waals surface area contributed by atoms with E-state index in [0.29, 0.717) is 38.5 Å². The number of amides is 3. The molecule has 2 aromatic rings. The summed E-state index contributed by atoms with van der Waals surface area (Å²) in [7, 11) is 1.43. The number of rotatable bonds is 11. The van der Waals surface area contributed by atoms with Crippen molar-refractivity contribution in [3.63, 3.8) is 0 Å². The molecule has 0 saturated carbocycles. The van der Waals surface area contributed by atoms with E-state index in [9.17, 15) is 19.5 Å². The first-order chi connectivity index (χ1) is 18.7. The molecule has 1 heterocycles. The quantitative estimate of drug-likeness (QED) is 0.125. The number of carbonyl (C=O) groups is 3. The van der Waals surface area contributed by atoms with Crippen LogP contribution >= 0.6 is 22.6 Å². The molecule has 1 aliphatic heterocycles. The highest BCUT2D eigenvalue weighted by atomic mass is 127. The lowest BCUT2D eigenvalue weighted by Gasteiger charge is -2.28. The SMILES string of the molecule is CCOC(=O)C1=C(C)NC(=O)N[C@@H]1c1ccc(OCC(=O)N/N=C/c2cc(I)c(O)c(OCC)c2)c(OC)c1. The Balaban J connectivity index is 1.68. The maximum Gasteiger partial charge on any atom is 0.338 e. The van der Waals surface area contributed by atoms with Crippen LogP contribution in [-0.2, 0) is 14.3 Å². The summed E-state index contributed by atoms with van der Waals surface area (Å²) in [5.41, 5.74) is 4.20. The zero-order valence-corrected chi connectivity index (χ0v) is 24.0. The van der Waals surface area contributed by atoms with Gasteiger partial charge in [-0.25, -0.2) is 15.0 Å². The fourth-order valence-electron chi connectivity index (χ4n) is 3.69. The third-order valence-corrected chi connectivity index (χ3v) is 6.22. The Morgan fingerprint density at radius 2 is 1.90 bits per heavy atom. The number of ether oxygens (including phenoxy) is 4. The summed E-state index contributed by atoms with van der Waals surface area (Å²) in [5, 5.41) is 19.3. The maximum atomic E-state index is 12.6. The third kappa shape index (κ3) is 7.52. The zero-order valence-electron chi connectivity index (χ0n) is 21.8. The molecule has 13 heteroatoms. The van der Waals surface area contributed by atoms with E-state index in [-0.39, 0.29) is 30.3 Å². The fourth-order valence-corrected chi connectivity index (χ4v) is 4.32. The minimum Gasteiger partial charge on any atom is -0.504 e. The van der Waals surface area contributed by atoms with Gasteiger partial charge >= 0.3 is 12.0 Å². The van der Waals surface area contributed by atoms with E-state index >= 15 is 0 Å². The number of aromatic hydroxyl groups is 1. The van der Waals surface area contributed by atoms with Gasteiger partial charge in [0.15, 0.2) is 29.6 Å². The van der Waals surface area contributed by atoms with Crippen LogP contribution in [0.25, 0.3) is 0 Å². The second kappa shape index (κ2) is 13.7. The standard InChI is InChI=1S/C26H29IN4O8/c1-5-37-20-10-15(9-17(27)24(20)33)12-28-31-21(32)13-39-18-8-7-16(11-19(18)36-4)23-22(25(34)38-6-2)14(3)29-26(35)30-23/h7-12,23,33H,5-6,13H2,1-4H3,(H,31,32)(H2,29,30,35)/b28-12+/t23-/m1/s1. The Morgan fingerprint density at radius 1 is 1.13 bits per heavy atom. The summed E-state index contributed by atoms with van der Waals surface area (Å²) < 4.78 is 22.2. The van der Waals surface area contributed by atoms with Crippen LogP contribution in [0.4, 0.5) is 4.79 Å². The number of hydrogen-bond donors (Lipinski definition) is 4. The monoisotopic (exact) mass is 652 g/mol. The highest BCUT2D eigenvalue weighted by Gasteiger charge is 2.32. The first-order valence-corrected chi connectivity index (χ1v) is 13.0. The first kappa shape index (κ1) is 29.5. The number of esters is 1. The van der Waals surface area contributed by atoms with Crippen LogP contribution in [0.1, 0.15) is 37.9 Å². The Labute approximate surface area is 238 Å².